The van der Waals surface area contributed by atoms with E-state index in [1.807, 2.05) is 24.3 Å². The molecule has 4 rings (SSSR count). The molecule has 1 aromatic heterocycles. The zero-order valence-corrected chi connectivity index (χ0v) is 17.0. The van der Waals surface area contributed by atoms with E-state index in [2.05, 4.69) is 46.4 Å². The molecule has 31 heavy (non-hydrogen) atoms. The highest BCUT2D eigenvalue weighted by atomic mass is 19.1. The normalized spacial score (nSPS) is 11.7. The summed E-state index contributed by atoms with van der Waals surface area (Å²) in [5.41, 5.74) is 5.07. The maximum atomic E-state index is 13.3. The summed E-state index contributed by atoms with van der Waals surface area (Å²) in [5, 5.41) is 2.70. The second-order valence-electron chi connectivity index (χ2n) is 7.01. The van der Waals surface area contributed by atoms with Crippen LogP contribution in [0.25, 0.3) is 11.1 Å². The zero-order valence-electron chi connectivity index (χ0n) is 17.0. The fourth-order valence-electron chi connectivity index (χ4n) is 3.71. The van der Waals surface area contributed by atoms with Crippen LogP contribution in [0.1, 0.15) is 29.0 Å². The van der Waals surface area contributed by atoms with Crippen molar-refractivity contribution in [2.45, 2.75) is 12.3 Å². The number of carbonyl (C=O) groups excluding carboxylic acids is 1. The molecule has 6 heteroatoms. The van der Waals surface area contributed by atoms with Crippen molar-refractivity contribution in [2.75, 3.05) is 20.3 Å². The predicted octanol–water partition coefficient (Wildman–Crippen LogP) is 4.51. The summed E-state index contributed by atoms with van der Waals surface area (Å²) >= 11 is 0. The fourth-order valence-corrected chi connectivity index (χ4v) is 3.71. The van der Waals surface area contributed by atoms with E-state index in [1.165, 1.54) is 35.4 Å². The number of nitrogens with one attached hydrogen (secondary N) is 1. The lowest BCUT2D eigenvalue weighted by atomic mass is 9.98. The maximum absolute atomic E-state index is 13.3. The van der Waals surface area contributed by atoms with Crippen LogP contribution in [0.4, 0.5) is 9.18 Å². The van der Waals surface area contributed by atoms with Crippen molar-refractivity contribution in [3.63, 3.8) is 0 Å². The summed E-state index contributed by atoms with van der Waals surface area (Å²) in [5.74, 6) is 5.48. The molecule has 0 radical (unpaired) electrons. The minimum Gasteiger partial charge on any atom is -0.480 e. The van der Waals surface area contributed by atoms with Gasteiger partial charge in [-0.2, -0.15) is 0 Å². The molecule has 3 aromatic rings. The van der Waals surface area contributed by atoms with Gasteiger partial charge in [0.15, 0.2) is 0 Å². The topological polar surface area (TPSA) is 60.5 Å². The van der Waals surface area contributed by atoms with E-state index in [0.29, 0.717) is 18.5 Å². The van der Waals surface area contributed by atoms with E-state index in [-0.39, 0.29) is 18.4 Å². The summed E-state index contributed by atoms with van der Waals surface area (Å²) in [4.78, 5) is 16.0. The summed E-state index contributed by atoms with van der Waals surface area (Å²) < 4.78 is 23.8. The second kappa shape index (κ2) is 9.31. The van der Waals surface area contributed by atoms with Gasteiger partial charge in [0.05, 0.1) is 18.9 Å². The van der Waals surface area contributed by atoms with Gasteiger partial charge in [-0.3, -0.25) is 0 Å². The number of fused-ring (bicyclic) bond motifs is 3. The highest BCUT2D eigenvalue weighted by Gasteiger charge is 2.28. The van der Waals surface area contributed by atoms with Gasteiger partial charge in [-0.15, -0.1) is 0 Å². The van der Waals surface area contributed by atoms with Crippen molar-refractivity contribution >= 4 is 6.09 Å². The number of nitrogens with zero attached hydrogens (tertiary/aromatic N) is 1. The molecule has 156 valence electrons. The van der Waals surface area contributed by atoms with Gasteiger partial charge in [0.25, 0.3) is 0 Å². The van der Waals surface area contributed by atoms with E-state index >= 15 is 0 Å². The van der Waals surface area contributed by atoms with Crippen molar-refractivity contribution in [3.05, 3.63) is 83.3 Å². The number of ether oxygens (including phenoxy) is 2. The molecule has 0 saturated carbocycles. The Morgan fingerprint density at radius 3 is 2.48 bits per heavy atom. The molecule has 0 saturated heterocycles. The molecule has 0 aliphatic heterocycles. The third-order valence-electron chi connectivity index (χ3n) is 5.10. The average Bonchev–Trinajstić information content (AvgIpc) is 3.11. The Balaban J connectivity index is 1.30. The number of amides is 1. The Hall–Kier alpha value is -3.85. The first kappa shape index (κ1) is 20.4. The van der Waals surface area contributed by atoms with E-state index < -0.39 is 11.9 Å². The number of rotatable bonds is 5. The molecule has 1 heterocycles. The average molecular weight is 416 g/mol. The van der Waals surface area contributed by atoms with E-state index in [1.54, 1.807) is 0 Å². The number of aromatic nitrogens is 1. The van der Waals surface area contributed by atoms with Crippen LogP contribution in [0.15, 0.2) is 60.8 Å². The first-order chi connectivity index (χ1) is 15.2. The second-order valence-corrected chi connectivity index (χ2v) is 7.01. The smallest absolute Gasteiger partial charge is 0.407 e. The molecule has 0 atom stereocenters. The van der Waals surface area contributed by atoms with E-state index in [0.717, 1.165) is 6.20 Å². The van der Waals surface area contributed by atoms with E-state index in [4.69, 9.17) is 9.47 Å². The van der Waals surface area contributed by atoms with Crippen LogP contribution < -0.4 is 10.1 Å². The number of alkyl carbamates (subject to hydrolysis) is 1. The number of methoxy groups -OCH3 is 1. The standard InChI is InChI=1S/C25H21FN2O3/c1-30-24-17(14-18(26)15-28-24)8-6-7-13-27-25(29)31-16-23-21-11-4-2-9-19(21)20-10-3-5-12-22(20)23/h2-5,9-12,14-15,23H,7,13,16H2,1H3,(H,27,29). The number of pyridine rings is 1. The lowest BCUT2D eigenvalue weighted by Crippen LogP contribution is -2.26. The number of halogens is 1. The van der Waals surface area contributed by atoms with Crippen LogP contribution in [-0.4, -0.2) is 31.3 Å². The Morgan fingerprint density at radius 2 is 1.81 bits per heavy atom. The molecule has 1 aliphatic rings. The van der Waals surface area contributed by atoms with Gasteiger partial charge in [0.1, 0.15) is 12.4 Å². The molecular formula is C25H21FN2O3. The van der Waals surface area contributed by atoms with Gasteiger partial charge in [-0.05, 0) is 28.3 Å². The van der Waals surface area contributed by atoms with Crippen molar-refractivity contribution in [2.24, 2.45) is 0 Å². The fraction of sp³-hybridized carbons (Fsp3) is 0.200. The van der Waals surface area contributed by atoms with Crippen LogP contribution in [0.3, 0.4) is 0 Å². The molecule has 0 unspecified atom stereocenters. The predicted molar refractivity (Wildman–Crippen MR) is 115 cm³/mol. The van der Waals surface area contributed by atoms with Crippen molar-refractivity contribution < 1.29 is 18.7 Å². The summed E-state index contributed by atoms with van der Waals surface area (Å²) in [6.45, 7) is 0.576. The molecule has 5 nitrogen and oxygen atoms in total. The van der Waals surface area contributed by atoms with Crippen LogP contribution in [0.5, 0.6) is 5.88 Å². The summed E-state index contributed by atoms with van der Waals surface area (Å²) in [7, 11) is 1.45. The Morgan fingerprint density at radius 1 is 1.13 bits per heavy atom. The third kappa shape index (κ3) is 4.51. The molecule has 0 spiro atoms. The van der Waals surface area contributed by atoms with Crippen molar-refractivity contribution in [1.29, 1.82) is 0 Å². The third-order valence-corrected chi connectivity index (χ3v) is 5.10. The van der Waals surface area contributed by atoms with Crippen LogP contribution >= 0.6 is 0 Å². The molecular weight excluding hydrogens is 395 g/mol. The number of benzene rings is 2. The van der Waals surface area contributed by atoms with Crippen LogP contribution in [-0.2, 0) is 4.74 Å². The summed E-state index contributed by atoms with van der Waals surface area (Å²) in [6, 6.07) is 17.6. The van der Waals surface area contributed by atoms with Gasteiger partial charge >= 0.3 is 6.09 Å². The lowest BCUT2D eigenvalue weighted by Gasteiger charge is -2.14. The minimum atomic E-state index is -0.492. The largest absolute Gasteiger partial charge is 0.480 e. The first-order valence-corrected chi connectivity index (χ1v) is 9.94. The Labute approximate surface area is 180 Å². The van der Waals surface area contributed by atoms with Crippen LogP contribution in [0.2, 0.25) is 0 Å². The van der Waals surface area contributed by atoms with Gasteiger partial charge < -0.3 is 14.8 Å². The Bertz CT molecular complexity index is 1120. The van der Waals surface area contributed by atoms with Gasteiger partial charge in [0.2, 0.25) is 5.88 Å². The molecule has 0 fully saturated rings. The molecule has 1 N–H and O–H groups in total. The SMILES string of the molecule is COc1ncc(F)cc1C#CCCNC(=O)OCC1c2ccccc2-c2ccccc21. The molecule has 1 amide bonds. The quantitative estimate of drug-likeness (QED) is 0.491. The van der Waals surface area contributed by atoms with Crippen molar-refractivity contribution in [3.8, 4) is 28.8 Å². The van der Waals surface area contributed by atoms with E-state index in [9.17, 15) is 9.18 Å². The highest BCUT2D eigenvalue weighted by Crippen LogP contribution is 2.44. The van der Waals surface area contributed by atoms with Crippen LogP contribution in [0, 0.1) is 17.7 Å². The maximum Gasteiger partial charge on any atom is 0.407 e. The minimum absolute atomic E-state index is 0.0193. The van der Waals surface area contributed by atoms with Gasteiger partial charge in [0, 0.05) is 18.9 Å². The number of carbonyl (C=O) groups is 1. The highest BCUT2D eigenvalue weighted by molar-refractivity contribution is 5.79. The zero-order chi connectivity index (χ0) is 21.6. The lowest BCUT2D eigenvalue weighted by molar-refractivity contribution is 0.143. The van der Waals surface area contributed by atoms with Gasteiger partial charge in [-0.25, -0.2) is 14.2 Å². The van der Waals surface area contributed by atoms with Gasteiger partial charge in [-0.1, -0.05) is 60.4 Å². The number of hydrogen-bond acceptors (Lipinski definition) is 4. The molecule has 0 bridgehead atoms. The Kier molecular flexibility index (Phi) is 6.13. The first-order valence-electron chi connectivity index (χ1n) is 9.94. The summed E-state index contributed by atoms with van der Waals surface area (Å²) in [6.07, 6.45) is 0.959. The molecule has 2 aromatic carbocycles. The number of hydrogen-bond donors (Lipinski definition) is 1. The van der Waals surface area contributed by atoms with Crippen molar-refractivity contribution in [1.82, 2.24) is 10.3 Å². The monoisotopic (exact) mass is 416 g/mol. The molecule has 1 aliphatic carbocycles.